The third-order valence-electron chi connectivity index (χ3n) is 1.38. The minimum atomic E-state index is -0.967. The number of primary amides is 1. The molecule has 0 atom stereocenters. The molecule has 1 rings (SSSR count). The quantitative estimate of drug-likeness (QED) is 0.754. The van der Waals surface area contributed by atoms with Crippen molar-refractivity contribution in [3.05, 3.63) is 12.4 Å². The Hall–Kier alpha value is -1.89. The predicted octanol–water partition coefficient (Wildman–Crippen LogP) is 0.0838. The van der Waals surface area contributed by atoms with Gasteiger partial charge < -0.3 is 20.3 Å². The zero-order chi connectivity index (χ0) is 12.2. The second kappa shape index (κ2) is 4.75. The first kappa shape index (κ1) is 12.2. The first-order valence-corrected chi connectivity index (χ1v) is 4.51. The summed E-state index contributed by atoms with van der Waals surface area (Å²) < 4.78 is 9.61. The molecule has 1 amide bonds. The molecule has 0 aromatic carbocycles. The van der Waals surface area contributed by atoms with Gasteiger partial charge in [0.2, 0.25) is 0 Å². The van der Waals surface area contributed by atoms with E-state index in [-0.39, 0.29) is 18.4 Å². The van der Waals surface area contributed by atoms with Crippen LogP contribution in [0, 0.1) is 0 Å². The molecular weight excluding hydrogens is 214 g/mol. The van der Waals surface area contributed by atoms with Crippen LogP contribution in [0.3, 0.4) is 0 Å². The SMILES string of the molecule is CC(C)(O)COc1ncc(OC(N)=O)cn1. The van der Waals surface area contributed by atoms with Crippen LogP contribution in [0.4, 0.5) is 4.79 Å². The molecule has 0 saturated carbocycles. The van der Waals surface area contributed by atoms with E-state index in [1.807, 2.05) is 0 Å². The standard InChI is InChI=1S/C9H13N3O4/c1-9(2,14)5-15-8-11-3-6(4-12-8)16-7(10)13/h3-4,14H,5H2,1-2H3,(H2,10,13). The molecule has 1 aromatic heterocycles. The van der Waals surface area contributed by atoms with E-state index >= 15 is 0 Å². The Kier molecular flexibility index (Phi) is 3.62. The van der Waals surface area contributed by atoms with E-state index in [2.05, 4.69) is 14.7 Å². The van der Waals surface area contributed by atoms with E-state index in [0.717, 1.165) is 0 Å². The van der Waals surface area contributed by atoms with Crippen LogP contribution in [0.5, 0.6) is 11.8 Å². The highest BCUT2D eigenvalue weighted by Crippen LogP contribution is 2.11. The van der Waals surface area contributed by atoms with Crippen LogP contribution in [0.15, 0.2) is 12.4 Å². The lowest BCUT2D eigenvalue weighted by atomic mass is 10.2. The number of hydrogen-bond acceptors (Lipinski definition) is 6. The van der Waals surface area contributed by atoms with Crippen molar-refractivity contribution in [2.24, 2.45) is 5.73 Å². The van der Waals surface area contributed by atoms with Gasteiger partial charge >= 0.3 is 12.1 Å². The number of ether oxygens (including phenoxy) is 2. The number of carbonyl (C=O) groups is 1. The average Bonchev–Trinajstić information content (AvgIpc) is 2.14. The molecule has 0 saturated heterocycles. The molecule has 3 N–H and O–H groups in total. The summed E-state index contributed by atoms with van der Waals surface area (Å²) in [5.74, 6) is 0.128. The smallest absolute Gasteiger partial charge is 0.410 e. The Labute approximate surface area is 92.2 Å². The van der Waals surface area contributed by atoms with Gasteiger partial charge in [-0.3, -0.25) is 0 Å². The van der Waals surface area contributed by atoms with Crippen LogP contribution in [-0.2, 0) is 0 Å². The normalized spacial score (nSPS) is 10.9. The molecule has 1 aromatic rings. The third kappa shape index (κ3) is 4.56. The summed E-state index contributed by atoms with van der Waals surface area (Å²) in [6, 6.07) is 0.0824. The lowest BCUT2D eigenvalue weighted by molar-refractivity contribution is 0.0250. The molecule has 0 aliphatic heterocycles. The molecule has 1 heterocycles. The molecule has 88 valence electrons. The molecule has 0 radical (unpaired) electrons. The van der Waals surface area contributed by atoms with Crippen LogP contribution in [0.1, 0.15) is 13.8 Å². The van der Waals surface area contributed by atoms with Crippen LogP contribution in [0.25, 0.3) is 0 Å². The second-order valence-electron chi connectivity index (χ2n) is 3.72. The van der Waals surface area contributed by atoms with Crippen LogP contribution in [-0.4, -0.2) is 33.4 Å². The zero-order valence-corrected chi connectivity index (χ0v) is 9.01. The number of rotatable bonds is 4. The van der Waals surface area contributed by atoms with Crippen LogP contribution in [0.2, 0.25) is 0 Å². The van der Waals surface area contributed by atoms with Crippen molar-refractivity contribution >= 4 is 6.09 Å². The minimum Gasteiger partial charge on any atom is -0.460 e. The predicted molar refractivity (Wildman–Crippen MR) is 54.0 cm³/mol. The molecule has 0 unspecified atom stereocenters. The van der Waals surface area contributed by atoms with Crippen molar-refractivity contribution in [2.45, 2.75) is 19.4 Å². The number of nitrogens with two attached hydrogens (primary N) is 1. The van der Waals surface area contributed by atoms with Crippen molar-refractivity contribution in [3.63, 3.8) is 0 Å². The van der Waals surface area contributed by atoms with Crippen LogP contribution >= 0.6 is 0 Å². The highest BCUT2D eigenvalue weighted by molar-refractivity contribution is 5.67. The van der Waals surface area contributed by atoms with E-state index in [0.29, 0.717) is 0 Å². The zero-order valence-electron chi connectivity index (χ0n) is 9.01. The van der Waals surface area contributed by atoms with Gasteiger partial charge in [0.05, 0.1) is 18.0 Å². The Morgan fingerprint density at radius 1 is 1.50 bits per heavy atom. The molecule has 7 heteroatoms. The van der Waals surface area contributed by atoms with Gasteiger partial charge in [0, 0.05) is 0 Å². The fourth-order valence-corrected chi connectivity index (χ4v) is 0.789. The van der Waals surface area contributed by atoms with Crippen molar-refractivity contribution in [3.8, 4) is 11.8 Å². The lowest BCUT2D eigenvalue weighted by Gasteiger charge is -2.16. The van der Waals surface area contributed by atoms with Gasteiger partial charge in [0.25, 0.3) is 0 Å². The molecule has 0 spiro atoms. The Morgan fingerprint density at radius 2 is 2.06 bits per heavy atom. The molecule has 16 heavy (non-hydrogen) atoms. The summed E-state index contributed by atoms with van der Waals surface area (Å²) in [4.78, 5) is 17.9. The molecular formula is C9H13N3O4. The van der Waals surface area contributed by atoms with E-state index < -0.39 is 11.7 Å². The summed E-state index contributed by atoms with van der Waals surface area (Å²) in [5.41, 5.74) is 3.83. The van der Waals surface area contributed by atoms with Crippen molar-refractivity contribution < 1.29 is 19.4 Å². The summed E-state index contributed by atoms with van der Waals surface area (Å²) >= 11 is 0. The number of aliphatic hydroxyl groups is 1. The average molecular weight is 227 g/mol. The summed E-state index contributed by atoms with van der Waals surface area (Å²) in [7, 11) is 0. The lowest BCUT2D eigenvalue weighted by Crippen LogP contribution is -2.28. The van der Waals surface area contributed by atoms with E-state index in [1.165, 1.54) is 12.4 Å². The topological polar surface area (TPSA) is 108 Å². The Balaban J connectivity index is 2.55. The first-order chi connectivity index (χ1) is 7.37. The molecule has 7 nitrogen and oxygen atoms in total. The van der Waals surface area contributed by atoms with Crippen molar-refractivity contribution in [1.29, 1.82) is 0 Å². The van der Waals surface area contributed by atoms with Crippen molar-refractivity contribution in [1.82, 2.24) is 9.97 Å². The van der Waals surface area contributed by atoms with E-state index in [1.54, 1.807) is 13.8 Å². The highest BCUT2D eigenvalue weighted by atomic mass is 16.5. The van der Waals surface area contributed by atoms with E-state index in [4.69, 9.17) is 10.5 Å². The maximum Gasteiger partial charge on any atom is 0.410 e. The largest absolute Gasteiger partial charge is 0.460 e. The molecule has 0 fully saturated rings. The van der Waals surface area contributed by atoms with Gasteiger partial charge in [0.1, 0.15) is 6.61 Å². The van der Waals surface area contributed by atoms with Gasteiger partial charge in [-0.25, -0.2) is 4.79 Å². The fraction of sp³-hybridized carbons (Fsp3) is 0.444. The summed E-state index contributed by atoms with van der Waals surface area (Å²) in [6.07, 6.45) is 1.56. The van der Waals surface area contributed by atoms with Gasteiger partial charge in [-0.1, -0.05) is 0 Å². The monoisotopic (exact) mass is 227 g/mol. The molecule has 0 bridgehead atoms. The maximum absolute atomic E-state index is 10.4. The number of aromatic nitrogens is 2. The molecule has 0 aliphatic rings. The van der Waals surface area contributed by atoms with Gasteiger partial charge in [-0.15, -0.1) is 0 Å². The molecule has 0 aliphatic carbocycles. The fourth-order valence-electron chi connectivity index (χ4n) is 0.789. The Bertz CT molecular complexity index is 358. The number of nitrogens with zero attached hydrogens (tertiary/aromatic N) is 2. The number of hydrogen-bond donors (Lipinski definition) is 2. The van der Waals surface area contributed by atoms with Gasteiger partial charge in [0.15, 0.2) is 5.75 Å². The minimum absolute atomic E-state index is 0.0586. The maximum atomic E-state index is 10.4. The highest BCUT2D eigenvalue weighted by Gasteiger charge is 2.14. The van der Waals surface area contributed by atoms with Gasteiger partial charge in [-0.2, -0.15) is 9.97 Å². The van der Waals surface area contributed by atoms with Crippen molar-refractivity contribution in [2.75, 3.05) is 6.61 Å². The number of amides is 1. The Morgan fingerprint density at radius 3 is 2.50 bits per heavy atom. The summed E-state index contributed by atoms with van der Waals surface area (Å²) in [6.45, 7) is 3.25. The summed E-state index contributed by atoms with van der Waals surface area (Å²) in [5, 5.41) is 9.39. The first-order valence-electron chi connectivity index (χ1n) is 4.51. The van der Waals surface area contributed by atoms with Crippen LogP contribution < -0.4 is 15.2 Å². The van der Waals surface area contributed by atoms with E-state index in [9.17, 15) is 9.90 Å². The second-order valence-corrected chi connectivity index (χ2v) is 3.72. The van der Waals surface area contributed by atoms with Gasteiger partial charge in [-0.05, 0) is 13.8 Å². The number of carbonyl (C=O) groups excluding carboxylic acids is 1. The third-order valence-corrected chi connectivity index (χ3v) is 1.38.